The molecule has 0 spiro atoms. The van der Waals surface area contributed by atoms with Gasteiger partial charge in [-0.2, -0.15) is 0 Å². The molecule has 0 aliphatic heterocycles. The van der Waals surface area contributed by atoms with Crippen LogP contribution in [0.4, 0.5) is 11.5 Å². The summed E-state index contributed by atoms with van der Waals surface area (Å²) >= 11 is 14.2. The number of aromatic nitrogens is 1. The van der Waals surface area contributed by atoms with E-state index in [-0.39, 0.29) is 4.99 Å². The Bertz CT molecular complexity index is 604. The molecule has 1 aromatic heterocycles. The number of benzene rings is 1. The molecule has 2 aromatic rings. The average Bonchev–Trinajstić information content (AvgIpc) is 2.33. The number of halogens is 2. The van der Waals surface area contributed by atoms with Crippen molar-refractivity contribution in [3.8, 4) is 0 Å². The second kappa shape index (κ2) is 5.65. The van der Waals surface area contributed by atoms with Crippen LogP contribution in [-0.4, -0.2) is 9.97 Å². The first-order chi connectivity index (χ1) is 8.56. The van der Waals surface area contributed by atoms with Crippen molar-refractivity contribution in [3.63, 3.8) is 0 Å². The van der Waals surface area contributed by atoms with Gasteiger partial charge in [-0.1, -0.05) is 29.9 Å². The van der Waals surface area contributed by atoms with Crippen LogP contribution < -0.4 is 11.1 Å². The van der Waals surface area contributed by atoms with Gasteiger partial charge in [0.05, 0.1) is 11.4 Å². The molecule has 6 heteroatoms. The van der Waals surface area contributed by atoms with Gasteiger partial charge >= 0.3 is 0 Å². The van der Waals surface area contributed by atoms with Crippen LogP contribution in [0, 0.1) is 0 Å². The average molecular weight is 343 g/mol. The first-order valence-electron chi connectivity index (χ1n) is 5.05. The molecule has 3 N–H and O–H groups in total. The standard InChI is InChI=1S/C12H9BrClN3S/c13-8-6-7(14)4-5-9(8)16-11-3-1-2-10(17-11)12(15)18/h1-6H,(H2,15,18)(H,16,17). The molecule has 0 aliphatic carbocycles. The van der Waals surface area contributed by atoms with Gasteiger partial charge in [-0.25, -0.2) is 4.98 Å². The van der Waals surface area contributed by atoms with Gasteiger partial charge in [0.25, 0.3) is 0 Å². The Hall–Kier alpha value is -1.17. The molecular weight excluding hydrogens is 334 g/mol. The molecular formula is C12H9BrClN3S. The van der Waals surface area contributed by atoms with Gasteiger partial charge in [-0.3, -0.25) is 0 Å². The van der Waals surface area contributed by atoms with Crippen molar-refractivity contribution in [1.29, 1.82) is 0 Å². The fraction of sp³-hybridized carbons (Fsp3) is 0. The summed E-state index contributed by atoms with van der Waals surface area (Å²) in [6.07, 6.45) is 0. The van der Waals surface area contributed by atoms with Gasteiger partial charge in [0.15, 0.2) is 0 Å². The molecule has 1 aromatic carbocycles. The quantitative estimate of drug-likeness (QED) is 0.831. The Labute approximate surface area is 123 Å². The molecule has 2 rings (SSSR count). The Morgan fingerprint density at radius 1 is 1.33 bits per heavy atom. The minimum Gasteiger partial charge on any atom is -0.388 e. The van der Waals surface area contributed by atoms with Crippen molar-refractivity contribution < 1.29 is 0 Å². The van der Waals surface area contributed by atoms with Crippen molar-refractivity contribution in [2.45, 2.75) is 0 Å². The minimum atomic E-state index is 0.272. The number of anilines is 2. The number of hydrogen-bond donors (Lipinski definition) is 2. The van der Waals surface area contributed by atoms with Crippen LogP contribution in [0.1, 0.15) is 5.69 Å². The number of pyridine rings is 1. The smallest absolute Gasteiger partial charge is 0.131 e. The van der Waals surface area contributed by atoms with Gasteiger partial charge in [-0.05, 0) is 46.3 Å². The maximum absolute atomic E-state index is 5.88. The number of hydrogen-bond acceptors (Lipinski definition) is 3. The highest BCUT2D eigenvalue weighted by atomic mass is 79.9. The topological polar surface area (TPSA) is 50.9 Å². The Kier molecular flexibility index (Phi) is 4.16. The van der Waals surface area contributed by atoms with Crippen molar-refractivity contribution in [2.24, 2.45) is 5.73 Å². The minimum absolute atomic E-state index is 0.272. The monoisotopic (exact) mass is 341 g/mol. The van der Waals surface area contributed by atoms with Gasteiger partial charge in [-0.15, -0.1) is 0 Å². The zero-order valence-corrected chi connectivity index (χ0v) is 12.3. The van der Waals surface area contributed by atoms with Crippen LogP contribution in [0.15, 0.2) is 40.9 Å². The molecule has 0 amide bonds. The molecule has 0 saturated heterocycles. The third-order valence-corrected chi connectivity index (χ3v) is 3.30. The normalized spacial score (nSPS) is 10.1. The number of rotatable bonds is 3. The summed E-state index contributed by atoms with van der Waals surface area (Å²) in [6, 6.07) is 10.9. The second-order valence-electron chi connectivity index (χ2n) is 3.52. The molecule has 0 unspecified atom stereocenters. The van der Waals surface area contributed by atoms with Crippen LogP contribution in [0.2, 0.25) is 5.02 Å². The van der Waals surface area contributed by atoms with E-state index in [1.165, 1.54) is 0 Å². The van der Waals surface area contributed by atoms with Crippen molar-refractivity contribution in [2.75, 3.05) is 5.32 Å². The van der Waals surface area contributed by atoms with Gasteiger partial charge in [0, 0.05) is 9.50 Å². The maximum atomic E-state index is 5.88. The number of nitrogens with one attached hydrogen (secondary N) is 1. The molecule has 1 heterocycles. The molecule has 0 radical (unpaired) electrons. The highest BCUT2D eigenvalue weighted by molar-refractivity contribution is 9.10. The molecule has 0 fully saturated rings. The lowest BCUT2D eigenvalue weighted by Gasteiger charge is -2.09. The van der Waals surface area contributed by atoms with Crippen LogP contribution in [0.5, 0.6) is 0 Å². The van der Waals surface area contributed by atoms with E-state index in [0.29, 0.717) is 16.5 Å². The zero-order chi connectivity index (χ0) is 13.1. The predicted octanol–water partition coefficient (Wildman–Crippen LogP) is 3.88. The summed E-state index contributed by atoms with van der Waals surface area (Å²) in [5.74, 6) is 0.670. The molecule has 0 bridgehead atoms. The fourth-order valence-electron chi connectivity index (χ4n) is 1.37. The third kappa shape index (κ3) is 3.19. The van der Waals surface area contributed by atoms with E-state index in [2.05, 4.69) is 26.2 Å². The van der Waals surface area contributed by atoms with E-state index in [0.717, 1.165) is 10.2 Å². The highest BCUT2D eigenvalue weighted by Gasteiger charge is 2.04. The molecule has 18 heavy (non-hydrogen) atoms. The summed E-state index contributed by atoms with van der Waals surface area (Å²) in [4.78, 5) is 4.57. The van der Waals surface area contributed by atoms with Crippen molar-refractivity contribution in [3.05, 3.63) is 51.6 Å². The third-order valence-electron chi connectivity index (χ3n) is 2.20. The van der Waals surface area contributed by atoms with Crippen LogP contribution >= 0.6 is 39.7 Å². The molecule has 0 saturated carbocycles. The van der Waals surface area contributed by atoms with E-state index in [9.17, 15) is 0 Å². The lowest BCUT2D eigenvalue weighted by atomic mass is 10.3. The summed E-state index contributed by atoms with van der Waals surface area (Å²) < 4.78 is 0.859. The number of nitrogens with zero attached hydrogens (tertiary/aromatic N) is 1. The SMILES string of the molecule is NC(=S)c1cccc(Nc2ccc(Cl)cc2Br)n1. The Balaban J connectivity index is 2.28. The van der Waals surface area contributed by atoms with Crippen molar-refractivity contribution >= 4 is 56.2 Å². The first kappa shape index (κ1) is 13.3. The summed E-state index contributed by atoms with van der Waals surface area (Å²) in [5, 5.41) is 3.83. The van der Waals surface area contributed by atoms with E-state index < -0.39 is 0 Å². The largest absolute Gasteiger partial charge is 0.388 e. The van der Waals surface area contributed by atoms with E-state index >= 15 is 0 Å². The Morgan fingerprint density at radius 3 is 2.78 bits per heavy atom. The van der Waals surface area contributed by atoms with Crippen LogP contribution in [0.3, 0.4) is 0 Å². The summed E-state index contributed by atoms with van der Waals surface area (Å²) in [7, 11) is 0. The lowest BCUT2D eigenvalue weighted by molar-refractivity contribution is 1.28. The Morgan fingerprint density at radius 2 is 2.11 bits per heavy atom. The number of thiocarbonyl (C=S) groups is 1. The predicted molar refractivity (Wildman–Crippen MR) is 82.6 cm³/mol. The van der Waals surface area contributed by atoms with E-state index in [1.807, 2.05) is 18.2 Å². The van der Waals surface area contributed by atoms with Crippen molar-refractivity contribution in [1.82, 2.24) is 4.98 Å². The first-order valence-corrected chi connectivity index (χ1v) is 6.63. The summed E-state index contributed by atoms with van der Waals surface area (Å²) in [6.45, 7) is 0. The summed E-state index contributed by atoms with van der Waals surface area (Å²) in [5.41, 5.74) is 6.99. The second-order valence-corrected chi connectivity index (χ2v) is 5.25. The van der Waals surface area contributed by atoms with Crippen LogP contribution in [0.25, 0.3) is 0 Å². The van der Waals surface area contributed by atoms with E-state index in [4.69, 9.17) is 29.6 Å². The van der Waals surface area contributed by atoms with Gasteiger partial charge < -0.3 is 11.1 Å². The molecule has 3 nitrogen and oxygen atoms in total. The number of nitrogens with two attached hydrogens (primary N) is 1. The maximum Gasteiger partial charge on any atom is 0.131 e. The fourth-order valence-corrected chi connectivity index (χ4v) is 2.27. The highest BCUT2D eigenvalue weighted by Crippen LogP contribution is 2.28. The lowest BCUT2D eigenvalue weighted by Crippen LogP contribution is -2.12. The molecule has 0 aliphatic rings. The van der Waals surface area contributed by atoms with Crippen LogP contribution in [-0.2, 0) is 0 Å². The zero-order valence-electron chi connectivity index (χ0n) is 9.15. The van der Waals surface area contributed by atoms with Gasteiger partial charge in [0.2, 0.25) is 0 Å². The molecule has 92 valence electrons. The van der Waals surface area contributed by atoms with E-state index in [1.54, 1.807) is 18.2 Å². The molecule has 0 atom stereocenters. The van der Waals surface area contributed by atoms with Gasteiger partial charge in [0.1, 0.15) is 10.8 Å².